The van der Waals surface area contributed by atoms with Gasteiger partial charge in [-0.2, -0.15) is 0 Å². The molecule has 17 heavy (non-hydrogen) atoms. The van der Waals surface area contributed by atoms with Gasteiger partial charge in [-0.05, 0) is 18.3 Å². The highest BCUT2D eigenvalue weighted by molar-refractivity contribution is 6.06. The third kappa shape index (κ3) is 1.34. The maximum atomic E-state index is 12.1. The Morgan fingerprint density at radius 3 is 2.24 bits per heavy atom. The Morgan fingerprint density at radius 2 is 1.76 bits per heavy atom. The number of imide groups is 1. The number of aliphatic carboxylic acids is 1. The van der Waals surface area contributed by atoms with Crippen LogP contribution in [0, 0.1) is 23.7 Å². The van der Waals surface area contributed by atoms with Crippen LogP contribution in [0.4, 0.5) is 0 Å². The molecule has 1 N–H and O–H groups in total. The van der Waals surface area contributed by atoms with Gasteiger partial charge in [0.1, 0.15) is 0 Å². The van der Waals surface area contributed by atoms with Crippen LogP contribution in [-0.2, 0) is 14.4 Å². The molecule has 1 saturated carbocycles. The van der Waals surface area contributed by atoms with Crippen molar-refractivity contribution in [2.45, 2.75) is 12.8 Å². The second kappa shape index (κ2) is 3.42. The van der Waals surface area contributed by atoms with E-state index in [-0.39, 0.29) is 48.5 Å². The van der Waals surface area contributed by atoms with Crippen LogP contribution in [0.2, 0.25) is 0 Å². The van der Waals surface area contributed by atoms with E-state index in [0.717, 1.165) is 11.3 Å². The first-order valence-corrected chi connectivity index (χ1v) is 5.85. The molecule has 1 saturated heterocycles. The summed E-state index contributed by atoms with van der Waals surface area (Å²) in [6.07, 6.45) is 4.79. The van der Waals surface area contributed by atoms with Crippen molar-refractivity contribution < 1.29 is 19.5 Å². The van der Waals surface area contributed by atoms with Crippen LogP contribution in [-0.4, -0.2) is 34.3 Å². The second-order valence-electron chi connectivity index (χ2n) is 4.97. The van der Waals surface area contributed by atoms with Crippen molar-refractivity contribution in [3.05, 3.63) is 12.2 Å². The lowest BCUT2D eigenvalue weighted by Crippen LogP contribution is -2.34. The monoisotopic (exact) mass is 235 g/mol. The number of hydrogen-bond acceptors (Lipinski definition) is 3. The number of carbonyl (C=O) groups is 3. The lowest BCUT2D eigenvalue weighted by molar-refractivity contribution is -0.142. The number of hydrogen-bond donors (Lipinski definition) is 1. The van der Waals surface area contributed by atoms with Crippen LogP contribution in [0.3, 0.4) is 0 Å². The maximum absolute atomic E-state index is 12.1. The van der Waals surface area contributed by atoms with Gasteiger partial charge in [0, 0.05) is 6.54 Å². The van der Waals surface area contributed by atoms with Crippen molar-refractivity contribution in [3.63, 3.8) is 0 Å². The van der Waals surface area contributed by atoms with Crippen molar-refractivity contribution in [2.75, 3.05) is 6.54 Å². The van der Waals surface area contributed by atoms with E-state index in [9.17, 15) is 14.4 Å². The minimum atomic E-state index is -0.983. The molecule has 0 radical (unpaired) electrons. The first-order valence-electron chi connectivity index (χ1n) is 5.85. The van der Waals surface area contributed by atoms with E-state index in [0.29, 0.717) is 0 Å². The lowest BCUT2D eigenvalue weighted by atomic mass is 9.85. The third-order valence-electron chi connectivity index (χ3n) is 4.11. The summed E-state index contributed by atoms with van der Waals surface area (Å²) in [5, 5.41) is 8.60. The SMILES string of the molecule is O=C(O)CCN1C(=O)C2C3C=C[C@@H](C3)C2C1=O. The highest BCUT2D eigenvalue weighted by atomic mass is 16.4. The van der Waals surface area contributed by atoms with Gasteiger partial charge in [-0.1, -0.05) is 12.2 Å². The predicted octanol–water partition coefficient (Wildman–Crippen LogP) is 0.268. The molecule has 2 fully saturated rings. The largest absolute Gasteiger partial charge is 0.481 e. The maximum Gasteiger partial charge on any atom is 0.305 e. The number of nitrogens with zero attached hydrogens (tertiary/aromatic N) is 1. The average Bonchev–Trinajstić information content (AvgIpc) is 2.92. The molecule has 3 aliphatic rings. The van der Waals surface area contributed by atoms with Crippen LogP contribution in [0.1, 0.15) is 12.8 Å². The quantitative estimate of drug-likeness (QED) is 0.562. The molecule has 2 aliphatic carbocycles. The van der Waals surface area contributed by atoms with Gasteiger partial charge < -0.3 is 5.11 Å². The third-order valence-corrected chi connectivity index (χ3v) is 4.11. The summed E-state index contributed by atoms with van der Waals surface area (Å²) in [7, 11) is 0. The predicted molar refractivity (Wildman–Crippen MR) is 56.7 cm³/mol. The number of carboxylic acids is 1. The van der Waals surface area contributed by atoms with Crippen LogP contribution >= 0.6 is 0 Å². The van der Waals surface area contributed by atoms with Crippen LogP contribution in [0.15, 0.2) is 12.2 Å². The molecule has 1 heterocycles. The molecule has 3 unspecified atom stereocenters. The van der Waals surface area contributed by atoms with E-state index in [4.69, 9.17) is 5.11 Å². The smallest absolute Gasteiger partial charge is 0.305 e. The van der Waals surface area contributed by atoms with Crippen LogP contribution in [0.25, 0.3) is 0 Å². The van der Waals surface area contributed by atoms with Gasteiger partial charge >= 0.3 is 5.97 Å². The number of fused-ring (bicyclic) bond motifs is 5. The van der Waals surface area contributed by atoms with Crippen molar-refractivity contribution in [3.8, 4) is 0 Å². The first kappa shape index (κ1) is 10.5. The zero-order valence-corrected chi connectivity index (χ0v) is 9.20. The fraction of sp³-hybridized carbons (Fsp3) is 0.583. The summed E-state index contributed by atoms with van der Waals surface area (Å²) in [6, 6.07) is 0. The molecule has 0 aromatic rings. The van der Waals surface area contributed by atoms with Gasteiger partial charge in [0.25, 0.3) is 0 Å². The van der Waals surface area contributed by atoms with E-state index >= 15 is 0 Å². The molecule has 1 aliphatic heterocycles. The Morgan fingerprint density at radius 1 is 1.24 bits per heavy atom. The normalized spacial score (nSPS) is 38.0. The molecular weight excluding hydrogens is 222 g/mol. The summed E-state index contributed by atoms with van der Waals surface area (Å²) in [4.78, 5) is 35.8. The highest BCUT2D eigenvalue weighted by Crippen LogP contribution is 2.52. The molecule has 3 rings (SSSR count). The van der Waals surface area contributed by atoms with E-state index in [2.05, 4.69) is 0 Å². The lowest BCUT2D eigenvalue weighted by Gasteiger charge is -2.15. The molecular formula is C12H13NO4. The van der Waals surface area contributed by atoms with Gasteiger partial charge in [-0.15, -0.1) is 0 Å². The van der Waals surface area contributed by atoms with E-state index in [1.807, 2.05) is 12.2 Å². The Kier molecular flexibility index (Phi) is 2.11. The van der Waals surface area contributed by atoms with E-state index < -0.39 is 5.97 Å². The van der Waals surface area contributed by atoms with Crippen LogP contribution < -0.4 is 0 Å². The van der Waals surface area contributed by atoms with Gasteiger partial charge in [-0.25, -0.2) is 0 Å². The molecule has 0 aromatic heterocycles. The number of rotatable bonds is 3. The fourth-order valence-electron chi connectivity index (χ4n) is 3.39. The van der Waals surface area contributed by atoms with Gasteiger partial charge in [0.2, 0.25) is 11.8 Å². The summed E-state index contributed by atoms with van der Waals surface area (Å²) in [5.74, 6) is -1.37. The molecule has 2 amide bonds. The van der Waals surface area contributed by atoms with E-state index in [1.165, 1.54) is 0 Å². The second-order valence-corrected chi connectivity index (χ2v) is 4.97. The van der Waals surface area contributed by atoms with Crippen molar-refractivity contribution in [1.29, 1.82) is 0 Å². The van der Waals surface area contributed by atoms with Gasteiger partial charge in [-0.3, -0.25) is 19.3 Å². The van der Waals surface area contributed by atoms with Gasteiger partial charge in [0.15, 0.2) is 0 Å². The number of likely N-dealkylation sites (tertiary alicyclic amines) is 1. The number of carbonyl (C=O) groups excluding carboxylic acids is 2. The highest BCUT2D eigenvalue weighted by Gasteiger charge is 2.58. The fourth-order valence-corrected chi connectivity index (χ4v) is 3.39. The standard InChI is InChI=1S/C12H13NO4/c14-8(15)3-4-13-11(16)9-6-1-2-7(5-6)10(9)12(13)17/h1-2,6-7,9-10H,3-5H2,(H,14,15)/t6-,7?,9?,10?/m0/s1. The summed E-state index contributed by atoms with van der Waals surface area (Å²) in [5.41, 5.74) is 0. The molecule has 0 aromatic carbocycles. The van der Waals surface area contributed by atoms with E-state index in [1.54, 1.807) is 0 Å². The van der Waals surface area contributed by atoms with Crippen molar-refractivity contribution >= 4 is 17.8 Å². The number of allylic oxidation sites excluding steroid dienone is 2. The zero-order chi connectivity index (χ0) is 12.2. The summed E-state index contributed by atoms with van der Waals surface area (Å²) >= 11 is 0. The van der Waals surface area contributed by atoms with Crippen LogP contribution in [0.5, 0.6) is 0 Å². The summed E-state index contributed by atoms with van der Waals surface area (Å²) < 4.78 is 0. The molecule has 5 nitrogen and oxygen atoms in total. The van der Waals surface area contributed by atoms with Crippen molar-refractivity contribution in [2.24, 2.45) is 23.7 Å². The Balaban J connectivity index is 1.80. The zero-order valence-electron chi connectivity index (χ0n) is 9.20. The molecule has 0 spiro atoms. The summed E-state index contributed by atoms with van der Waals surface area (Å²) in [6.45, 7) is 0.0133. The minimum Gasteiger partial charge on any atom is -0.481 e. The molecule has 90 valence electrons. The Labute approximate surface area is 98.1 Å². The number of carboxylic acid groups (broad SMARTS) is 1. The Bertz CT molecular complexity index is 412. The molecule has 5 heteroatoms. The minimum absolute atomic E-state index is 0.0133. The molecule has 2 bridgehead atoms. The average molecular weight is 235 g/mol. The Hall–Kier alpha value is -1.65. The first-order chi connectivity index (χ1) is 8.09. The number of amides is 2. The molecule has 4 atom stereocenters. The van der Waals surface area contributed by atoms with Gasteiger partial charge in [0.05, 0.1) is 18.3 Å². The van der Waals surface area contributed by atoms with Crippen molar-refractivity contribution in [1.82, 2.24) is 4.90 Å². The topological polar surface area (TPSA) is 74.7 Å².